The molecule has 24 rings (SSSR count). The first-order valence-corrected chi connectivity index (χ1v) is 47.1. The Morgan fingerprint density at radius 3 is 0.847 bits per heavy atom. The van der Waals surface area contributed by atoms with Crippen molar-refractivity contribution in [3.8, 4) is 87.7 Å². The van der Waals surface area contributed by atoms with Crippen LogP contribution in [0.3, 0.4) is 0 Å². The fourth-order valence-electron chi connectivity index (χ4n) is 17.7. The van der Waals surface area contributed by atoms with Crippen molar-refractivity contribution in [3.05, 3.63) is 384 Å². The SMILES string of the molecule is Cc1c(Oc2nnc(-c3[c-]c4ccccc4s3)c3cc4ccccc4cc23)c(C(F)(F)F)c(C(F)(F)F)c(C(F)(F)F)c1C(F)(F)F.FC(F)(F)c1ccc(-c2nnc(-c3[c-]c4ccccc4s3)c3cc4ccccc4cc23)cc1.FC(F)(F)c1cccc(-c2nnc(-c3[c-]c4ccccc4s3)c3cc4ccccc4cc23)c1.FC(F)(F)c1ccccc1-c1nnc(-c2[c-]c3ccccc3s2)c2cc3ccccc3cc12.[Ir].[Ir].[Ir].[Ir]. The summed E-state index contributed by atoms with van der Waals surface area (Å²) in [7, 11) is 0. The molecule has 760 valence electrons. The van der Waals surface area contributed by atoms with Crippen molar-refractivity contribution in [1.82, 2.24) is 40.8 Å². The van der Waals surface area contributed by atoms with Crippen molar-refractivity contribution in [3.63, 3.8) is 0 Å². The van der Waals surface area contributed by atoms with Crippen LogP contribution in [0, 0.1) is 31.2 Å². The molecule has 4 radical (unpaired) electrons. The van der Waals surface area contributed by atoms with Crippen LogP contribution in [0.15, 0.2) is 315 Å². The van der Waals surface area contributed by atoms with Crippen molar-refractivity contribution in [2.24, 2.45) is 0 Å². The number of hydrogen-bond donors (Lipinski definition) is 0. The van der Waals surface area contributed by atoms with Gasteiger partial charge in [0, 0.05) is 147 Å². The molecule has 0 amide bonds. The second kappa shape index (κ2) is 42.1. The zero-order chi connectivity index (χ0) is 102. The Kier molecular flexibility index (Phi) is 30.3. The second-order valence-corrected chi connectivity index (χ2v) is 37.7. The van der Waals surface area contributed by atoms with Crippen LogP contribution >= 0.6 is 45.3 Å². The molecule has 0 bridgehead atoms. The van der Waals surface area contributed by atoms with Gasteiger partial charge >= 0.3 is 43.2 Å². The maximum Gasteiger partial charge on any atom is 0.420 e. The van der Waals surface area contributed by atoms with E-state index in [0.717, 1.165) is 139 Å². The Labute approximate surface area is 904 Å². The van der Waals surface area contributed by atoms with Crippen molar-refractivity contribution in [1.29, 1.82) is 0 Å². The third-order valence-corrected chi connectivity index (χ3v) is 28.6. The molecule has 8 heterocycles. The fraction of sp³-hybridized carbons (Fsp3) is 0.0714. The number of halogens is 21. The van der Waals surface area contributed by atoms with E-state index in [1.807, 2.05) is 176 Å². The fourth-order valence-corrected chi connectivity index (χ4v) is 21.7. The molecule has 0 aliphatic heterocycles. The van der Waals surface area contributed by atoms with Gasteiger partial charge in [-0.1, -0.05) is 212 Å². The minimum atomic E-state index is -6.56. The number of thiophene rings is 4. The molecule has 150 heavy (non-hydrogen) atoms. The number of nitrogens with zero attached hydrogens (tertiary/aromatic N) is 8. The summed E-state index contributed by atoms with van der Waals surface area (Å²) in [5.41, 5.74) is -12.9. The van der Waals surface area contributed by atoms with Crippen LogP contribution in [-0.4, -0.2) is 40.8 Å². The predicted molar refractivity (Wildman–Crippen MR) is 529 cm³/mol. The van der Waals surface area contributed by atoms with Crippen LogP contribution in [0.25, 0.3) is 203 Å². The molecule has 9 nitrogen and oxygen atoms in total. The zero-order valence-corrected chi connectivity index (χ0v) is 88.3. The molecule has 0 saturated carbocycles. The van der Waals surface area contributed by atoms with Gasteiger partial charge in [-0.3, -0.25) is 0 Å². The Bertz CT molecular complexity index is 9200. The van der Waals surface area contributed by atoms with Crippen molar-refractivity contribution < 1.29 is 177 Å². The summed E-state index contributed by atoms with van der Waals surface area (Å²) >= 11 is 5.90. The van der Waals surface area contributed by atoms with Crippen LogP contribution in [0.1, 0.15) is 44.5 Å². The van der Waals surface area contributed by atoms with Gasteiger partial charge in [0.2, 0.25) is 5.88 Å². The van der Waals surface area contributed by atoms with Gasteiger partial charge in [0.15, 0.2) is 0 Å². The summed E-state index contributed by atoms with van der Waals surface area (Å²) in [6.45, 7) is 0.161. The molecule has 0 spiro atoms. The summed E-state index contributed by atoms with van der Waals surface area (Å²) in [4.78, 5) is 2.91. The molecular weight excluding hydrogens is 2770 g/mol. The third kappa shape index (κ3) is 21.4. The van der Waals surface area contributed by atoms with E-state index in [1.165, 1.54) is 53.8 Å². The molecule has 24 aromatic rings. The van der Waals surface area contributed by atoms with E-state index in [-0.39, 0.29) is 115 Å². The van der Waals surface area contributed by atoms with E-state index >= 15 is 0 Å². The van der Waals surface area contributed by atoms with Gasteiger partial charge in [-0.25, -0.2) is 45.3 Å². The second-order valence-electron chi connectivity index (χ2n) is 33.5. The molecule has 0 atom stereocenters. The largest absolute Gasteiger partial charge is 0.436 e. The molecule has 8 aromatic heterocycles. The Morgan fingerprint density at radius 2 is 0.507 bits per heavy atom. The van der Waals surface area contributed by atoms with Crippen molar-refractivity contribution >= 4 is 172 Å². The molecule has 0 saturated heterocycles. The molecule has 0 unspecified atom stereocenters. The van der Waals surface area contributed by atoms with Crippen molar-refractivity contribution in [2.75, 3.05) is 0 Å². The van der Waals surface area contributed by atoms with Crippen LogP contribution in [0.5, 0.6) is 11.6 Å². The maximum absolute atomic E-state index is 14.4. The van der Waals surface area contributed by atoms with Gasteiger partial charge in [0.05, 0.1) is 50.5 Å². The first-order valence-electron chi connectivity index (χ1n) is 43.8. The van der Waals surface area contributed by atoms with Crippen LogP contribution < -0.4 is 4.74 Å². The summed E-state index contributed by atoms with van der Waals surface area (Å²) < 4.78 is 299. The topological polar surface area (TPSA) is 112 Å². The first-order chi connectivity index (χ1) is 69.7. The van der Waals surface area contributed by atoms with E-state index < -0.39 is 99.4 Å². The van der Waals surface area contributed by atoms with Gasteiger partial charge in [-0.2, -0.15) is 128 Å². The average Bonchev–Trinajstić information content (AvgIpc) is 0.780. The molecule has 0 aliphatic carbocycles. The number of fused-ring (bicyclic) bond motifs is 12. The monoisotopic (exact) mass is 2830 g/mol. The van der Waals surface area contributed by atoms with Crippen LogP contribution in [0.4, 0.5) is 92.2 Å². The zero-order valence-electron chi connectivity index (χ0n) is 75.4. The van der Waals surface area contributed by atoms with Gasteiger partial charge in [0.1, 0.15) is 11.3 Å². The van der Waals surface area contributed by atoms with E-state index in [9.17, 15) is 92.2 Å². The Hall–Kier alpha value is -13.3. The van der Waals surface area contributed by atoms with E-state index in [4.69, 9.17) is 4.74 Å². The first kappa shape index (κ1) is 108. The molecule has 38 heteroatoms. The molecule has 0 N–H and O–H groups in total. The quantitative estimate of drug-likeness (QED) is 0.0792. The smallest absolute Gasteiger partial charge is 0.420 e. The third-order valence-electron chi connectivity index (χ3n) is 24.3. The molecule has 0 fully saturated rings. The van der Waals surface area contributed by atoms with Gasteiger partial charge in [0.25, 0.3) is 0 Å². The van der Waals surface area contributed by atoms with Crippen LogP contribution in [-0.2, 0) is 124 Å². The van der Waals surface area contributed by atoms with Gasteiger partial charge in [-0.05, 0) is 164 Å². The summed E-state index contributed by atoms with van der Waals surface area (Å²) in [5.74, 6) is -3.14. The van der Waals surface area contributed by atoms with E-state index in [1.54, 1.807) is 94.7 Å². The van der Waals surface area contributed by atoms with Crippen LogP contribution in [0.2, 0.25) is 0 Å². The number of hydrogen-bond acceptors (Lipinski definition) is 13. The van der Waals surface area contributed by atoms with Gasteiger partial charge < -0.3 is 4.74 Å². The minimum absolute atomic E-state index is 0. The minimum Gasteiger partial charge on any atom is -0.436 e. The Morgan fingerprint density at radius 1 is 0.227 bits per heavy atom. The number of aromatic nitrogens is 8. The average molecular weight is 2820 g/mol. The summed E-state index contributed by atoms with van der Waals surface area (Å²) in [5, 5.41) is 49.7. The van der Waals surface area contributed by atoms with Crippen molar-refractivity contribution in [2.45, 2.75) is 50.2 Å². The molecule has 0 aliphatic rings. The van der Waals surface area contributed by atoms with E-state index in [0.29, 0.717) is 66.0 Å². The molecule has 16 aromatic carbocycles. The van der Waals surface area contributed by atoms with Gasteiger partial charge in [-0.15, -0.1) is 99.4 Å². The standard InChI is InChI=1S/C31H13F12N2OS.3C27H14F3N2S.4Ir/c1-13-21(28(32,33)34)22(29(35,36)37)23(30(38,39)40)24(31(41,42)43)26(13)46-27-18-11-15-7-3-2-6-14(15)10-17(18)25(44-45-27)20-12-16-8-4-5-9-19(16)47-20;28-27(29,30)22-11-5-4-10-19(22)25-20-13-16-7-1-2-8-17(16)14-21(20)26(32-31-25)24-15-18-9-3-6-12-23(18)33-24;28-27(29,30)20-10-5-9-19(12-20)25-21-13-16-6-1-2-7-17(16)14-22(21)26(32-31-25)24-15-18-8-3-4-11-23(18)33-24;28-27(29,30)20-11-9-16(10-12-20)25-21-13-17-5-1-2-6-18(17)14-22(21)26(32-31-25)24-15-19-7-3-4-8-23(19)33-24;;;;/h2-11H,1H3;3*1-14H;;;;/q4*-1;;;;. The Balaban J connectivity index is 0.000000136. The number of alkyl halides is 21. The summed E-state index contributed by atoms with van der Waals surface area (Å²) in [6.07, 6.45) is -38.9. The number of rotatable bonds is 9. The normalized spacial score (nSPS) is 12.1. The number of benzene rings is 16. The maximum atomic E-state index is 14.4. The molecular formula is C112H55F21Ir4N8OS4-4. The van der Waals surface area contributed by atoms with E-state index in [2.05, 4.69) is 71.1 Å². The number of ether oxygens (including phenoxy) is 1. The summed E-state index contributed by atoms with van der Waals surface area (Å²) in [6, 6.07) is 105. The predicted octanol–water partition coefficient (Wildman–Crippen LogP) is 36.1.